The number of aromatic nitrogens is 2. The largest absolute Gasteiger partial charge is 0.506 e. The van der Waals surface area contributed by atoms with Crippen LogP contribution in [0.5, 0.6) is 5.75 Å². The number of anilines is 2. The van der Waals surface area contributed by atoms with E-state index in [9.17, 15) is 5.11 Å². The molecule has 4 nitrogen and oxygen atoms in total. The van der Waals surface area contributed by atoms with Gasteiger partial charge in [-0.25, -0.2) is 9.97 Å². The van der Waals surface area contributed by atoms with Crippen molar-refractivity contribution in [1.82, 2.24) is 9.97 Å². The van der Waals surface area contributed by atoms with Crippen LogP contribution in [0.25, 0.3) is 10.9 Å². The molecule has 2 N–H and O–H groups in total. The highest BCUT2D eigenvalue weighted by Crippen LogP contribution is 2.29. The summed E-state index contributed by atoms with van der Waals surface area (Å²) >= 11 is 8.15. The van der Waals surface area contributed by atoms with E-state index in [-0.39, 0.29) is 18.2 Å². The van der Waals surface area contributed by atoms with Crippen LogP contribution < -0.4 is 5.32 Å². The maximum absolute atomic E-state index is 9.43. The molecule has 0 spiro atoms. The van der Waals surface area contributed by atoms with Crippen LogP contribution in [-0.2, 0) is 0 Å². The fourth-order valence-corrected chi connectivity index (χ4v) is 2.52. The Hall–Kier alpha value is -1.31. The summed E-state index contributed by atoms with van der Waals surface area (Å²) in [5.41, 5.74) is 1.62. The fourth-order valence-electron chi connectivity index (χ4n) is 1.85. The van der Waals surface area contributed by atoms with Gasteiger partial charge in [0.05, 0.1) is 10.5 Å². The minimum absolute atomic E-state index is 0. The van der Waals surface area contributed by atoms with Crippen molar-refractivity contribution < 1.29 is 5.11 Å². The van der Waals surface area contributed by atoms with Gasteiger partial charge in [0.2, 0.25) is 0 Å². The number of halogens is 3. The van der Waals surface area contributed by atoms with Crippen LogP contribution in [-0.4, -0.2) is 15.1 Å². The van der Waals surface area contributed by atoms with E-state index in [0.717, 1.165) is 20.2 Å². The van der Waals surface area contributed by atoms with Crippen molar-refractivity contribution in [3.63, 3.8) is 0 Å². The summed E-state index contributed by atoms with van der Waals surface area (Å²) in [5.74, 6) is 0.759. The average Bonchev–Trinajstić information content (AvgIpc) is 2.44. The molecular formula is C14H10Cl2IN3O. The summed E-state index contributed by atoms with van der Waals surface area (Å²) in [5, 5.41) is 13.9. The van der Waals surface area contributed by atoms with Crippen molar-refractivity contribution in [2.45, 2.75) is 0 Å². The first-order valence-corrected chi connectivity index (χ1v) is 7.25. The molecular weight excluding hydrogens is 424 g/mol. The van der Waals surface area contributed by atoms with Crippen molar-refractivity contribution in [3.05, 3.63) is 51.3 Å². The Bertz CT molecular complexity index is 798. The lowest BCUT2D eigenvalue weighted by molar-refractivity contribution is 0.475. The summed E-state index contributed by atoms with van der Waals surface area (Å²) in [6.45, 7) is 0. The van der Waals surface area contributed by atoms with Crippen LogP contribution in [0, 0.1) is 3.57 Å². The Morgan fingerprint density at radius 3 is 2.67 bits per heavy atom. The van der Waals surface area contributed by atoms with Gasteiger partial charge in [0, 0.05) is 14.6 Å². The zero-order valence-electron chi connectivity index (χ0n) is 10.5. The number of hydrogen-bond donors (Lipinski definition) is 2. The number of hydrogen-bond acceptors (Lipinski definition) is 4. The van der Waals surface area contributed by atoms with Crippen molar-refractivity contribution >= 4 is 69.0 Å². The molecule has 21 heavy (non-hydrogen) atoms. The summed E-state index contributed by atoms with van der Waals surface area (Å²) in [7, 11) is 0. The van der Waals surface area contributed by atoms with E-state index in [4.69, 9.17) is 11.6 Å². The number of rotatable bonds is 2. The van der Waals surface area contributed by atoms with Gasteiger partial charge in [0.1, 0.15) is 17.9 Å². The third-order valence-corrected chi connectivity index (χ3v) is 3.78. The van der Waals surface area contributed by atoms with Crippen LogP contribution in [0.4, 0.5) is 11.5 Å². The third kappa shape index (κ3) is 3.48. The SMILES string of the molecule is Cl.Oc1ccc(Nc2ncnc3ccc(I)cc23)cc1Cl. The third-order valence-electron chi connectivity index (χ3n) is 2.81. The molecule has 0 atom stereocenters. The molecule has 0 aliphatic rings. The van der Waals surface area contributed by atoms with Gasteiger partial charge in [0.25, 0.3) is 0 Å². The van der Waals surface area contributed by atoms with Crippen LogP contribution in [0.1, 0.15) is 0 Å². The lowest BCUT2D eigenvalue weighted by Gasteiger charge is -2.09. The molecule has 2 aromatic carbocycles. The maximum Gasteiger partial charge on any atom is 0.141 e. The molecule has 0 radical (unpaired) electrons. The van der Waals surface area contributed by atoms with Gasteiger partial charge < -0.3 is 10.4 Å². The van der Waals surface area contributed by atoms with Gasteiger partial charge in [-0.2, -0.15) is 0 Å². The fraction of sp³-hybridized carbons (Fsp3) is 0. The highest BCUT2D eigenvalue weighted by atomic mass is 127. The Morgan fingerprint density at radius 1 is 1.10 bits per heavy atom. The molecule has 0 saturated heterocycles. The van der Waals surface area contributed by atoms with Gasteiger partial charge in [0.15, 0.2) is 0 Å². The molecule has 0 amide bonds. The molecule has 0 bridgehead atoms. The first kappa shape index (κ1) is 16.1. The van der Waals surface area contributed by atoms with Crippen molar-refractivity contribution in [2.24, 2.45) is 0 Å². The van der Waals surface area contributed by atoms with E-state index in [1.165, 1.54) is 12.4 Å². The second-order valence-corrected chi connectivity index (χ2v) is 5.83. The number of aromatic hydroxyl groups is 1. The first-order chi connectivity index (χ1) is 9.63. The zero-order valence-corrected chi connectivity index (χ0v) is 14.3. The van der Waals surface area contributed by atoms with Crippen LogP contribution >= 0.6 is 46.6 Å². The van der Waals surface area contributed by atoms with Crippen LogP contribution in [0.3, 0.4) is 0 Å². The van der Waals surface area contributed by atoms with E-state index in [1.807, 2.05) is 18.2 Å². The topological polar surface area (TPSA) is 58.0 Å². The summed E-state index contributed by atoms with van der Waals surface area (Å²) < 4.78 is 1.11. The molecule has 0 saturated carbocycles. The highest BCUT2D eigenvalue weighted by Gasteiger charge is 2.06. The number of phenols is 1. The Morgan fingerprint density at radius 2 is 1.90 bits per heavy atom. The lowest BCUT2D eigenvalue weighted by atomic mass is 10.2. The first-order valence-electron chi connectivity index (χ1n) is 5.79. The van der Waals surface area contributed by atoms with Gasteiger partial charge in [-0.1, -0.05) is 11.6 Å². The predicted molar refractivity (Wildman–Crippen MR) is 95.9 cm³/mol. The maximum atomic E-state index is 9.43. The minimum Gasteiger partial charge on any atom is -0.506 e. The minimum atomic E-state index is 0. The average molecular weight is 434 g/mol. The number of benzene rings is 2. The van der Waals surface area contributed by atoms with Gasteiger partial charge in [-0.3, -0.25) is 0 Å². The van der Waals surface area contributed by atoms with E-state index in [2.05, 4.69) is 37.9 Å². The van der Waals surface area contributed by atoms with Gasteiger partial charge in [-0.15, -0.1) is 12.4 Å². The number of phenolic OH excluding ortho intramolecular Hbond substituents is 1. The van der Waals surface area contributed by atoms with Crippen molar-refractivity contribution in [1.29, 1.82) is 0 Å². The van der Waals surface area contributed by atoms with E-state index < -0.39 is 0 Å². The Labute approximate surface area is 146 Å². The van der Waals surface area contributed by atoms with Gasteiger partial charge in [-0.05, 0) is 59.0 Å². The second kappa shape index (κ2) is 6.64. The van der Waals surface area contributed by atoms with Crippen LogP contribution in [0.2, 0.25) is 5.02 Å². The number of nitrogens with zero attached hydrogens (tertiary/aromatic N) is 2. The molecule has 3 aromatic rings. The monoisotopic (exact) mass is 433 g/mol. The molecule has 1 aromatic heterocycles. The van der Waals surface area contributed by atoms with Crippen LogP contribution in [0.15, 0.2) is 42.7 Å². The lowest BCUT2D eigenvalue weighted by Crippen LogP contribution is -1.96. The van der Waals surface area contributed by atoms with Crippen molar-refractivity contribution in [2.75, 3.05) is 5.32 Å². The molecule has 0 unspecified atom stereocenters. The molecule has 0 aliphatic carbocycles. The summed E-state index contributed by atoms with van der Waals surface area (Å²) in [6.07, 6.45) is 1.51. The van der Waals surface area contributed by atoms with E-state index in [0.29, 0.717) is 10.8 Å². The van der Waals surface area contributed by atoms with E-state index >= 15 is 0 Å². The molecule has 0 fully saturated rings. The Balaban J connectivity index is 0.00000161. The summed E-state index contributed by atoms with van der Waals surface area (Å²) in [4.78, 5) is 8.50. The molecule has 0 aliphatic heterocycles. The molecule has 3 rings (SSSR count). The highest BCUT2D eigenvalue weighted by molar-refractivity contribution is 14.1. The number of fused-ring (bicyclic) bond motifs is 1. The standard InChI is InChI=1S/C14H9ClIN3O.ClH/c15-11-6-9(2-4-13(11)20)19-14-10-5-8(16)1-3-12(10)17-7-18-14;/h1-7,20H,(H,17,18,19);1H. The van der Waals surface area contributed by atoms with Gasteiger partial charge >= 0.3 is 0 Å². The van der Waals surface area contributed by atoms with E-state index in [1.54, 1.807) is 12.1 Å². The predicted octanol–water partition coefficient (Wildman–Crippen LogP) is 4.76. The Kier molecular flexibility index (Phi) is 5.08. The molecule has 108 valence electrons. The van der Waals surface area contributed by atoms with Crippen molar-refractivity contribution in [3.8, 4) is 5.75 Å². The molecule has 7 heteroatoms. The second-order valence-electron chi connectivity index (χ2n) is 4.17. The molecule has 1 heterocycles. The summed E-state index contributed by atoms with van der Waals surface area (Å²) in [6, 6.07) is 10.9. The quantitative estimate of drug-likeness (QED) is 0.452. The zero-order chi connectivity index (χ0) is 14.1. The smallest absolute Gasteiger partial charge is 0.141 e. The number of nitrogens with one attached hydrogen (secondary N) is 1. The normalized spacial score (nSPS) is 10.2.